The Labute approximate surface area is 265 Å². The molecule has 0 aromatic heterocycles. The smallest absolute Gasteiger partial charge is 0.223 e. The number of hydrogen-bond acceptors (Lipinski definition) is 4. The second-order valence-corrected chi connectivity index (χ2v) is 12.4. The third-order valence-electron chi connectivity index (χ3n) is 7.67. The number of hydrogen-bond donors (Lipinski definition) is 0. The molecule has 0 atom stereocenters. The monoisotopic (exact) mass is 644 g/mol. The van der Waals surface area contributed by atoms with Crippen LogP contribution in [0.15, 0.2) is 59.6 Å². The van der Waals surface area contributed by atoms with Crippen LogP contribution in [-0.4, -0.2) is 29.8 Å². The van der Waals surface area contributed by atoms with Crippen LogP contribution in [0, 0.1) is 0 Å². The molecule has 4 nitrogen and oxygen atoms in total. The molecule has 41 heavy (non-hydrogen) atoms. The average Bonchev–Trinajstić information content (AvgIpc) is 3.37. The molecule has 1 amide bonds. The van der Waals surface area contributed by atoms with Crippen LogP contribution in [0.5, 0.6) is 5.75 Å². The Balaban J connectivity index is 0.00000588. The van der Waals surface area contributed by atoms with E-state index in [1.165, 1.54) is 86.7 Å². The van der Waals surface area contributed by atoms with Gasteiger partial charge in [-0.2, -0.15) is 0 Å². The Hall–Kier alpha value is -1.92. The first kappa shape index (κ1) is 35.3. The van der Waals surface area contributed by atoms with Gasteiger partial charge in [0, 0.05) is 31.9 Å². The number of amides is 1. The summed E-state index contributed by atoms with van der Waals surface area (Å²) >= 11 is 1.86. The molecule has 0 unspecified atom stereocenters. The number of rotatable bonds is 20. The maximum Gasteiger partial charge on any atom is 0.223 e. The molecular weight excluding hydrogens is 592 g/mol. The standard InChI is InChI=1S/C35H52N2O2S.BrH/c1-4-5-6-7-8-9-10-11-12-13-14-17-26-39-34-22-20-32(21-23-34)24-25-37(31(3)38)35-19-16-15-18-33(35)28-36-27-30(2)40-29-36;/h15-16,18-23,27H,4-14,17,24-26,28-29H2,1-3H3;1H. The number of allylic oxidation sites excluding steroid dienone is 1. The summed E-state index contributed by atoms with van der Waals surface area (Å²) in [6.07, 6.45) is 19.3. The van der Waals surface area contributed by atoms with E-state index in [0.717, 1.165) is 43.3 Å². The van der Waals surface area contributed by atoms with Gasteiger partial charge in [0.25, 0.3) is 0 Å². The van der Waals surface area contributed by atoms with Crippen LogP contribution < -0.4 is 9.64 Å². The minimum atomic E-state index is 0. The molecule has 2 aromatic rings. The molecule has 0 saturated heterocycles. The molecule has 0 spiro atoms. The van der Waals surface area contributed by atoms with Crippen molar-refractivity contribution >= 4 is 40.3 Å². The topological polar surface area (TPSA) is 32.8 Å². The zero-order valence-corrected chi connectivity index (χ0v) is 28.3. The molecule has 6 heteroatoms. The van der Waals surface area contributed by atoms with Gasteiger partial charge >= 0.3 is 0 Å². The van der Waals surface area contributed by atoms with Gasteiger partial charge < -0.3 is 14.5 Å². The molecule has 1 aliphatic rings. The van der Waals surface area contributed by atoms with Gasteiger partial charge in [-0.3, -0.25) is 4.79 Å². The van der Waals surface area contributed by atoms with E-state index in [1.54, 1.807) is 6.92 Å². The number of unbranched alkanes of at least 4 members (excludes halogenated alkanes) is 11. The van der Waals surface area contributed by atoms with Crippen molar-refractivity contribution < 1.29 is 9.53 Å². The minimum Gasteiger partial charge on any atom is -0.494 e. The highest BCUT2D eigenvalue weighted by Gasteiger charge is 2.18. The first-order valence-electron chi connectivity index (χ1n) is 15.7. The van der Waals surface area contributed by atoms with E-state index in [1.807, 2.05) is 22.7 Å². The second kappa shape index (κ2) is 20.9. The van der Waals surface area contributed by atoms with Gasteiger partial charge in [-0.25, -0.2) is 0 Å². The maximum absolute atomic E-state index is 12.6. The molecule has 0 saturated carbocycles. The Morgan fingerprint density at radius 2 is 1.49 bits per heavy atom. The molecule has 3 rings (SSSR count). The molecular formula is C35H53BrN2O2S. The fourth-order valence-electron chi connectivity index (χ4n) is 5.31. The summed E-state index contributed by atoms with van der Waals surface area (Å²) in [4.78, 5) is 18.2. The molecule has 0 N–H and O–H groups in total. The number of halogens is 1. The molecule has 0 radical (unpaired) electrons. The van der Waals surface area contributed by atoms with Crippen LogP contribution in [0.25, 0.3) is 0 Å². The highest BCUT2D eigenvalue weighted by Crippen LogP contribution is 2.29. The molecule has 0 fully saturated rings. The molecule has 228 valence electrons. The highest BCUT2D eigenvalue weighted by atomic mass is 79.9. The lowest BCUT2D eigenvalue weighted by Gasteiger charge is -2.26. The normalized spacial score (nSPS) is 12.7. The summed E-state index contributed by atoms with van der Waals surface area (Å²) in [6, 6.07) is 16.7. The van der Waals surface area contributed by atoms with E-state index in [-0.39, 0.29) is 22.9 Å². The fraction of sp³-hybridized carbons (Fsp3) is 0.571. The van der Waals surface area contributed by atoms with Crippen molar-refractivity contribution in [2.75, 3.05) is 23.9 Å². The largest absolute Gasteiger partial charge is 0.494 e. The van der Waals surface area contributed by atoms with Gasteiger partial charge in [-0.15, -0.1) is 28.7 Å². The third kappa shape index (κ3) is 13.7. The maximum atomic E-state index is 12.6. The number of para-hydroxylation sites is 1. The van der Waals surface area contributed by atoms with Crippen LogP contribution in [-0.2, 0) is 17.8 Å². The first-order valence-corrected chi connectivity index (χ1v) is 16.7. The van der Waals surface area contributed by atoms with Crippen LogP contribution >= 0.6 is 28.7 Å². The van der Waals surface area contributed by atoms with Crippen molar-refractivity contribution in [2.45, 2.75) is 111 Å². The first-order chi connectivity index (χ1) is 19.6. The lowest BCUT2D eigenvalue weighted by molar-refractivity contribution is -0.116. The lowest BCUT2D eigenvalue weighted by Crippen LogP contribution is -2.32. The Morgan fingerprint density at radius 1 is 0.878 bits per heavy atom. The van der Waals surface area contributed by atoms with Gasteiger partial charge in [0.05, 0.1) is 12.5 Å². The number of ether oxygens (including phenoxy) is 1. The summed E-state index contributed by atoms with van der Waals surface area (Å²) in [6.45, 7) is 8.36. The number of anilines is 1. The van der Waals surface area contributed by atoms with Gasteiger partial charge in [-0.1, -0.05) is 108 Å². The van der Waals surface area contributed by atoms with E-state index in [9.17, 15) is 4.79 Å². The number of carbonyl (C=O) groups is 1. The van der Waals surface area contributed by atoms with E-state index in [0.29, 0.717) is 6.54 Å². The summed E-state index contributed by atoms with van der Waals surface area (Å²) in [5.41, 5.74) is 3.42. The SMILES string of the molecule is Br.CCCCCCCCCCCCCCOc1ccc(CCN(C(C)=O)c2ccccc2CN2C=C(C)SC2)cc1. The van der Waals surface area contributed by atoms with Crippen molar-refractivity contribution in [3.05, 3.63) is 70.8 Å². The van der Waals surface area contributed by atoms with Crippen LogP contribution in [0.2, 0.25) is 0 Å². The Morgan fingerprint density at radius 3 is 2.07 bits per heavy atom. The lowest BCUT2D eigenvalue weighted by atomic mass is 10.1. The predicted molar refractivity (Wildman–Crippen MR) is 183 cm³/mol. The quantitative estimate of drug-likeness (QED) is 0.134. The van der Waals surface area contributed by atoms with Crippen molar-refractivity contribution in [3.63, 3.8) is 0 Å². The van der Waals surface area contributed by atoms with Crippen molar-refractivity contribution in [2.24, 2.45) is 0 Å². The highest BCUT2D eigenvalue weighted by molar-refractivity contribution is 8.93. The minimum absolute atomic E-state index is 0. The fourth-order valence-corrected chi connectivity index (χ4v) is 6.07. The number of thioether (sulfide) groups is 1. The van der Waals surface area contributed by atoms with E-state index in [4.69, 9.17) is 4.74 Å². The van der Waals surface area contributed by atoms with Crippen molar-refractivity contribution in [1.29, 1.82) is 0 Å². The third-order valence-corrected chi connectivity index (χ3v) is 8.69. The molecule has 2 aromatic carbocycles. The summed E-state index contributed by atoms with van der Waals surface area (Å²) in [7, 11) is 0. The molecule has 0 aliphatic carbocycles. The zero-order chi connectivity index (χ0) is 28.4. The van der Waals surface area contributed by atoms with Gasteiger partial charge in [0.2, 0.25) is 5.91 Å². The summed E-state index contributed by atoms with van der Waals surface area (Å²) in [5, 5.41) is 0. The number of benzene rings is 2. The Kier molecular flexibility index (Phi) is 18.0. The molecule has 0 bridgehead atoms. The van der Waals surface area contributed by atoms with Crippen LogP contribution in [0.3, 0.4) is 0 Å². The van der Waals surface area contributed by atoms with E-state index >= 15 is 0 Å². The summed E-state index contributed by atoms with van der Waals surface area (Å²) in [5.74, 6) is 1.98. The van der Waals surface area contributed by atoms with Crippen molar-refractivity contribution in [1.82, 2.24) is 4.90 Å². The average molecular weight is 646 g/mol. The van der Waals surface area contributed by atoms with Crippen LogP contribution in [0.4, 0.5) is 5.69 Å². The molecule has 1 aliphatic heterocycles. The molecule has 1 heterocycles. The second-order valence-electron chi connectivity index (χ2n) is 11.2. The predicted octanol–water partition coefficient (Wildman–Crippen LogP) is 10.3. The number of nitrogens with zero attached hydrogens (tertiary/aromatic N) is 2. The zero-order valence-electron chi connectivity index (χ0n) is 25.7. The number of carbonyl (C=O) groups excluding carboxylic acids is 1. The van der Waals surface area contributed by atoms with Gasteiger partial charge in [-0.05, 0) is 54.0 Å². The van der Waals surface area contributed by atoms with Crippen LogP contribution in [0.1, 0.15) is 109 Å². The summed E-state index contributed by atoms with van der Waals surface area (Å²) < 4.78 is 6.00. The van der Waals surface area contributed by atoms with Gasteiger partial charge in [0.15, 0.2) is 0 Å². The Bertz CT molecular complexity index is 1030. The van der Waals surface area contributed by atoms with E-state index in [2.05, 4.69) is 67.4 Å². The van der Waals surface area contributed by atoms with Crippen molar-refractivity contribution in [3.8, 4) is 5.75 Å². The van der Waals surface area contributed by atoms with E-state index < -0.39 is 0 Å². The van der Waals surface area contributed by atoms with Gasteiger partial charge in [0.1, 0.15) is 5.75 Å².